The molecule has 2 aromatic rings. The molecule has 2 aliphatic rings. The van der Waals surface area contributed by atoms with Crippen LogP contribution in [0.1, 0.15) is 30.5 Å². The molecule has 106 valence electrons. The van der Waals surface area contributed by atoms with Crippen molar-refractivity contribution in [1.29, 1.82) is 5.26 Å². The first-order chi connectivity index (χ1) is 10.2. The topological polar surface area (TPSA) is 42.8 Å². The maximum absolute atomic E-state index is 9.61. The molecular weight excluding hydrogens is 258 g/mol. The first-order valence-electron chi connectivity index (χ1n) is 7.67. The number of fused-ring (bicyclic) bond motifs is 6. The summed E-state index contributed by atoms with van der Waals surface area (Å²) < 4.78 is 0. The predicted octanol–water partition coefficient (Wildman–Crippen LogP) is 3.56. The molecule has 0 spiro atoms. The molecule has 0 radical (unpaired) electrons. The van der Waals surface area contributed by atoms with Crippen LogP contribution in [0.2, 0.25) is 0 Å². The van der Waals surface area contributed by atoms with Crippen molar-refractivity contribution in [3.05, 3.63) is 47.3 Å². The Morgan fingerprint density at radius 3 is 2.95 bits per heavy atom. The smallest absolute Gasteiger partial charge is 0.0969 e. The Morgan fingerprint density at radius 1 is 1.38 bits per heavy atom. The number of aromatic amines is 1. The van der Waals surface area contributed by atoms with E-state index in [-0.39, 0.29) is 5.92 Å². The molecule has 4 rings (SSSR count). The highest BCUT2D eigenvalue weighted by Gasteiger charge is 2.43. The highest BCUT2D eigenvalue weighted by molar-refractivity contribution is 5.86. The number of likely N-dealkylation sites (N-methyl/N-ethyl adjacent to an activating group) is 1. The van der Waals surface area contributed by atoms with Crippen molar-refractivity contribution in [1.82, 2.24) is 9.88 Å². The average Bonchev–Trinajstić information content (AvgIpc) is 2.87. The van der Waals surface area contributed by atoms with Gasteiger partial charge in [-0.2, -0.15) is 5.26 Å². The van der Waals surface area contributed by atoms with E-state index in [4.69, 9.17) is 0 Å². The van der Waals surface area contributed by atoms with Gasteiger partial charge in [0, 0.05) is 48.2 Å². The second kappa shape index (κ2) is 4.39. The van der Waals surface area contributed by atoms with Crippen LogP contribution in [0, 0.1) is 17.2 Å². The summed E-state index contributed by atoms with van der Waals surface area (Å²) in [5.74, 6) is 0.780. The second-order valence-corrected chi connectivity index (χ2v) is 6.25. The van der Waals surface area contributed by atoms with E-state index in [0.717, 1.165) is 18.4 Å². The van der Waals surface area contributed by atoms with Gasteiger partial charge in [0.15, 0.2) is 0 Å². The fourth-order valence-electron chi connectivity index (χ4n) is 4.37. The largest absolute Gasteiger partial charge is 0.376 e. The molecule has 0 saturated heterocycles. The van der Waals surface area contributed by atoms with Crippen molar-refractivity contribution in [3.8, 4) is 6.07 Å². The maximum Gasteiger partial charge on any atom is 0.0969 e. The van der Waals surface area contributed by atoms with Crippen LogP contribution in [0.15, 0.2) is 36.0 Å². The van der Waals surface area contributed by atoms with Gasteiger partial charge in [-0.1, -0.05) is 31.5 Å². The number of rotatable bonds is 1. The Bertz CT molecular complexity index is 777. The number of hydrogen-bond donors (Lipinski definition) is 1. The molecular formula is C18H19N3. The van der Waals surface area contributed by atoms with Gasteiger partial charge < -0.3 is 9.88 Å². The highest BCUT2D eigenvalue weighted by atomic mass is 15.1. The summed E-state index contributed by atoms with van der Waals surface area (Å²) in [4.78, 5) is 5.84. The molecule has 2 bridgehead atoms. The lowest BCUT2D eigenvalue weighted by Gasteiger charge is -2.46. The summed E-state index contributed by atoms with van der Waals surface area (Å²) in [6.07, 6.45) is 4.22. The Kier molecular flexibility index (Phi) is 2.62. The van der Waals surface area contributed by atoms with Crippen LogP contribution in [-0.4, -0.2) is 23.0 Å². The van der Waals surface area contributed by atoms with E-state index in [9.17, 15) is 5.26 Å². The molecule has 21 heavy (non-hydrogen) atoms. The Balaban J connectivity index is 2.01. The van der Waals surface area contributed by atoms with E-state index < -0.39 is 0 Å². The third-order valence-corrected chi connectivity index (χ3v) is 5.28. The van der Waals surface area contributed by atoms with Gasteiger partial charge in [-0.15, -0.1) is 0 Å². The molecule has 2 heterocycles. The van der Waals surface area contributed by atoms with Crippen molar-refractivity contribution in [2.24, 2.45) is 5.92 Å². The number of nitrogens with zero attached hydrogens (tertiary/aromatic N) is 2. The number of aromatic nitrogens is 1. The standard InChI is InChI=1S/C18H19N3/c1-3-12-16-8-15-18(13-6-4-5-7-14(13)20-15)17(12)11(9-19)10-21(16)2/h4-7,10,12,16-17,20H,3,8H2,1-2H3/t12?,16-,17-/m1/s1. The van der Waals surface area contributed by atoms with Crippen LogP contribution in [0.5, 0.6) is 0 Å². The molecule has 0 amide bonds. The third-order valence-electron chi connectivity index (χ3n) is 5.28. The van der Waals surface area contributed by atoms with E-state index in [1.165, 1.54) is 22.2 Å². The van der Waals surface area contributed by atoms with Crippen molar-refractivity contribution in [2.75, 3.05) is 7.05 Å². The van der Waals surface area contributed by atoms with E-state index in [2.05, 4.69) is 60.4 Å². The van der Waals surface area contributed by atoms with Gasteiger partial charge in [-0.3, -0.25) is 0 Å². The quantitative estimate of drug-likeness (QED) is 0.866. The molecule has 3 nitrogen and oxygen atoms in total. The number of nitrogens with one attached hydrogen (secondary N) is 1. The Morgan fingerprint density at radius 2 is 2.19 bits per heavy atom. The first kappa shape index (κ1) is 12.5. The highest BCUT2D eigenvalue weighted by Crippen LogP contribution is 2.49. The zero-order valence-corrected chi connectivity index (χ0v) is 12.4. The molecule has 1 aliphatic carbocycles. The molecule has 1 unspecified atom stereocenters. The van der Waals surface area contributed by atoms with Crippen molar-refractivity contribution in [2.45, 2.75) is 31.7 Å². The molecule has 3 heteroatoms. The molecule has 1 aromatic carbocycles. The lowest BCUT2D eigenvalue weighted by atomic mass is 9.67. The van der Waals surface area contributed by atoms with Crippen LogP contribution in [0.25, 0.3) is 10.9 Å². The van der Waals surface area contributed by atoms with Crippen LogP contribution in [-0.2, 0) is 6.42 Å². The van der Waals surface area contributed by atoms with Crippen molar-refractivity contribution < 1.29 is 0 Å². The third kappa shape index (κ3) is 1.59. The lowest BCUT2D eigenvalue weighted by molar-refractivity contribution is 0.175. The minimum atomic E-state index is 0.251. The molecule has 1 N–H and O–H groups in total. The molecule has 3 atom stereocenters. The minimum Gasteiger partial charge on any atom is -0.376 e. The summed E-state index contributed by atoms with van der Waals surface area (Å²) in [5, 5.41) is 10.9. The number of H-pyrrole nitrogens is 1. The van der Waals surface area contributed by atoms with E-state index in [0.29, 0.717) is 12.0 Å². The van der Waals surface area contributed by atoms with Crippen LogP contribution in [0.3, 0.4) is 0 Å². The molecule has 0 saturated carbocycles. The van der Waals surface area contributed by atoms with Gasteiger partial charge >= 0.3 is 0 Å². The maximum atomic E-state index is 9.61. The summed E-state index contributed by atoms with van der Waals surface area (Å²) in [5.41, 5.74) is 4.80. The fraction of sp³-hybridized carbons (Fsp3) is 0.389. The molecule has 0 fully saturated rings. The minimum absolute atomic E-state index is 0.251. The zero-order chi connectivity index (χ0) is 14.6. The number of hydrogen-bond acceptors (Lipinski definition) is 2. The molecule has 1 aliphatic heterocycles. The SMILES string of the molecule is CCC1[C@H]2Cc3[nH]c4ccccc4c3[C@@H]1C(C#N)=CN2C. The van der Waals surface area contributed by atoms with E-state index in [1.807, 2.05) is 0 Å². The zero-order valence-electron chi connectivity index (χ0n) is 12.4. The van der Waals surface area contributed by atoms with Crippen molar-refractivity contribution in [3.63, 3.8) is 0 Å². The van der Waals surface area contributed by atoms with Gasteiger partial charge in [-0.05, 0) is 17.5 Å². The fourth-order valence-corrected chi connectivity index (χ4v) is 4.37. The van der Waals surface area contributed by atoms with Crippen LogP contribution < -0.4 is 0 Å². The van der Waals surface area contributed by atoms with Gasteiger partial charge in [0.05, 0.1) is 11.6 Å². The monoisotopic (exact) mass is 277 g/mol. The number of benzene rings is 1. The van der Waals surface area contributed by atoms with Crippen molar-refractivity contribution >= 4 is 10.9 Å². The van der Waals surface area contributed by atoms with Gasteiger partial charge in [0.2, 0.25) is 0 Å². The first-order valence-corrected chi connectivity index (χ1v) is 7.67. The van der Waals surface area contributed by atoms with E-state index >= 15 is 0 Å². The Labute approximate surface area is 124 Å². The summed E-state index contributed by atoms with van der Waals surface area (Å²) in [7, 11) is 2.11. The van der Waals surface area contributed by atoms with Gasteiger partial charge in [0.25, 0.3) is 0 Å². The normalized spacial score (nSPS) is 27.2. The van der Waals surface area contributed by atoms with Crippen LogP contribution in [0.4, 0.5) is 0 Å². The predicted molar refractivity (Wildman–Crippen MR) is 83.8 cm³/mol. The molecule has 1 aromatic heterocycles. The number of nitriles is 1. The average molecular weight is 277 g/mol. The van der Waals surface area contributed by atoms with Gasteiger partial charge in [-0.25, -0.2) is 0 Å². The van der Waals surface area contributed by atoms with E-state index in [1.54, 1.807) is 0 Å². The number of allylic oxidation sites excluding steroid dienone is 1. The second-order valence-electron chi connectivity index (χ2n) is 6.25. The van der Waals surface area contributed by atoms with Crippen LogP contribution >= 0.6 is 0 Å². The van der Waals surface area contributed by atoms with Gasteiger partial charge in [0.1, 0.15) is 0 Å². The Hall–Kier alpha value is -2.21. The number of para-hydroxylation sites is 1. The lowest BCUT2D eigenvalue weighted by Crippen LogP contribution is -2.46. The summed E-state index contributed by atoms with van der Waals surface area (Å²) >= 11 is 0. The summed E-state index contributed by atoms with van der Waals surface area (Å²) in [6, 6.07) is 11.4. The summed E-state index contributed by atoms with van der Waals surface area (Å²) in [6.45, 7) is 2.25.